The summed E-state index contributed by atoms with van der Waals surface area (Å²) in [6, 6.07) is 7.72. The van der Waals surface area contributed by atoms with Crippen LogP contribution in [0.4, 0.5) is 8.78 Å². The fourth-order valence-corrected chi connectivity index (χ4v) is 2.17. The second-order valence-corrected chi connectivity index (χ2v) is 4.41. The second kappa shape index (κ2) is 6.51. The summed E-state index contributed by atoms with van der Waals surface area (Å²) in [6.45, 7) is 0. The average molecular weight is 294 g/mol. The summed E-state index contributed by atoms with van der Waals surface area (Å²) in [4.78, 5) is 0. The number of nitrogens with one attached hydrogen (secondary N) is 1. The Bertz CT molecular complexity index is 615. The van der Waals surface area contributed by atoms with Gasteiger partial charge >= 0.3 is 0 Å². The Balaban J connectivity index is 2.54. The SMILES string of the molecule is COc1ccc(OC)c(C(NN)c2cc(F)cc(F)c2)c1. The Morgan fingerprint density at radius 3 is 2.19 bits per heavy atom. The molecule has 0 aliphatic rings. The summed E-state index contributed by atoms with van der Waals surface area (Å²) in [5.74, 6) is 5.33. The van der Waals surface area contributed by atoms with Crippen LogP contribution in [0.25, 0.3) is 0 Å². The first-order valence-corrected chi connectivity index (χ1v) is 6.23. The first kappa shape index (κ1) is 15.2. The lowest BCUT2D eigenvalue weighted by Crippen LogP contribution is -2.29. The Morgan fingerprint density at radius 2 is 1.67 bits per heavy atom. The van der Waals surface area contributed by atoms with Gasteiger partial charge in [0.25, 0.3) is 0 Å². The fraction of sp³-hybridized carbons (Fsp3) is 0.200. The highest BCUT2D eigenvalue weighted by molar-refractivity contribution is 5.46. The summed E-state index contributed by atoms with van der Waals surface area (Å²) in [5, 5.41) is 0. The Kier molecular flexibility index (Phi) is 4.72. The first-order chi connectivity index (χ1) is 10.1. The molecule has 0 heterocycles. The van der Waals surface area contributed by atoms with Crippen molar-refractivity contribution in [3.8, 4) is 11.5 Å². The molecule has 0 saturated heterocycles. The van der Waals surface area contributed by atoms with Crippen LogP contribution in [0.2, 0.25) is 0 Å². The quantitative estimate of drug-likeness (QED) is 0.657. The van der Waals surface area contributed by atoms with E-state index in [2.05, 4.69) is 5.43 Å². The molecule has 2 aromatic rings. The van der Waals surface area contributed by atoms with E-state index in [0.717, 1.165) is 6.07 Å². The van der Waals surface area contributed by atoms with Crippen molar-refractivity contribution < 1.29 is 18.3 Å². The highest BCUT2D eigenvalue weighted by atomic mass is 19.1. The van der Waals surface area contributed by atoms with Crippen molar-refractivity contribution in [2.75, 3.05) is 14.2 Å². The number of rotatable bonds is 5. The fourth-order valence-electron chi connectivity index (χ4n) is 2.17. The zero-order chi connectivity index (χ0) is 15.4. The third-order valence-corrected chi connectivity index (χ3v) is 3.13. The van der Waals surface area contributed by atoms with Gasteiger partial charge < -0.3 is 9.47 Å². The van der Waals surface area contributed by atoms with E-state index in [9.17, 15) is 8.78 Å². The van der Waals surface area contributed by atoms with Crippen molar-refractivity contribution in [2.24, 2.45) is 5.84 Å². The maximum atomic E-state index is 13.4. The molecule has 0 saturated carbocycles. The van der Waals surface area contributed by atoms with Gasteiger partial charge in [0.05, 0.1) is 20.3 Å². The van der Waals surface area contributed by atoms with Gasteiger partial charge in [-0.15, -0.1) is 0 Å². The van der Waals surface area contributed by atoms with Crippen LogP contribution in [0.1, 0.15) is 17.2 Å². The zero-order valence-corrected chi connectivity index (χ0v) is 11.7. The minimum Gasteiger partial charge on any atom is -0.497 e. The molecule has 3 N–H and O–H groups in total. The van der Waals surface area contributed by atoms with Crippen molar-refractivity contribution in [3.63, 3.8) is 0 Å². The van der Waals surface area contributed by atoms with Gasteiger partial charge in [0.1, 0.15) is 23.1 Å². The third-order valence-electron chi connectivity index (χ3n) is 3.13. The van der Waals surface area contributed by atoms with Crippen LogP contribution >= 0.6 is 0 Å². The van der Waals surface area contributed by atoms with E-state index >= 15 is 0 Å². The maximum Gasteiger partial charge on any atom is 0.126 e. The molecule has 0 aliphatic carbocycles. The summed E-state index contributed by atoms with van der Waals surface area (Å²) in [6.07, 6.45) is 0. The minimum absolute atomic E-state index is 0.349. The molecule has 0 radical (unpaired) electrons. The highest BCUT2D eigenvalue weighted by Crippen LogP contribution is 2.33. The molecule has 0 fully saturated rings. The van der Waals surface area contributed by atoms with Gasteiger partial charge in [-0.1, -0.05) is 0 Å². The monoisotopic (exact) mass is 294 g/mol. The smallest absolute Gasteiger partial charge is 0.126 e. The zero-order valence-electron chi connectivity index (χ0n) is 11.7. The van der Waals surface area contributed by atoms with Crippen molar-refractivity contribution in [1.82, 2.24) is 5.43 Å². The van der Waals surface area contributed by atoms with Crippen molar-refractivity contribution >= 4 is 0 Å². The number of halogens is 2. The molecular formula is C15H16F2N2O2. The van der Waals surface area contributed by atoms with Crippen LogP contribution in [0.5, 0.6) is 11.5 Å². The van der Waals surface area contributed by atoms with Gasteiger partial charge in [-0.25, -0.2) is 14.2 Å². The lowest BCUT2D eigenvalue weighted by molar-refractivity contribution is 0.394. The molecule has 1 unspecified atom stereocenters. The summed E-state index contributed by atoms with van der Waals surface area (Å²) >= 11 is 0. The van der Waals surface area contributed by atoms with Gasteiger partial charge in [0.2, 0.25) is 0 Å². The predicted octanol–water partition coefficient (Wildman–Crippen LogP) is 2.53. The number of benzene rings is 2. The number of hydrogen-bond acceptors (Lipinski definition) is 4. The van der Waals surface area contributed by atoms with Crippen LogP contribution in [0, 0.1) is 11.6 Å². The third kappa shape index (κ3) is 3.29. The molecule has 0 amide bonds. The standard InChI is InChI=1S/C15H16F2N2O2/c1-20-12-3-4-14(21-2)13(8-12)15(19-18)9-5-10(16)7-11(17)6-9/h3-8,15,19H,18H2,1-2H3. The van der Waals surface area contributed by atoms with Crippen LogP contribution in [0.3, 0.4) is 0 Å². The number of ether oxygens (including phenoxy) is 2. The summed E-state index contributed by atoms with van der Waals surface area (Å²) < 4.78 is 37.2. The van der Waals surface area contributed by atoms with Gasteiger partial charge in [0.15, 0.2) is 0 Å². The molecule has 2 rings (SSSR count). The van der Waals surface area contributed by atoms with E-state index in [0.29, 0.717) is 22.6 Å². The summed E-state index contributed by atoms with van der Waals surface area (Å²) in [7, 11) is 3.03. The molecular weight excluding hydrogens is 278 g/mol. The molecule has 0 aliphatic heterocycles. The molecule has 112 valence electrons. The van der Waals surface area contributed by atoms with Gasteiger partial charge in [-0.2, -0.15) is 0 Å². The molecule has 0 bridgehead atoms. The second-order valence-electron chi connectivity index (χ2n) is 4.41. The molecule has 6 heteroatoms. The number of hydrazine groups is 1. The van der Waals surface area contributed by atoms with Crippen LogP contribution in [-0.4, -0.2) is 14.2 Å². The van der Waals surface area contributed by atoms with Gasteiger partial charge in [-0.05, 0) is 35.9 Å². The minimum atomic E-state index is -0.674. The van der Waals surface area contributed by atoms with Crippen LogP contribution < -0.4 is 20.7 Å². The Labute approximate surface area is 121 Å². The van der Waals surface area contributed by atoms with E-state index < -0.39 is 17.7 Å². The largest absolute Gasteiger partial charge is 0.497 e. The van der Waals surface area contributed by atoms with Crippen molar-refractivity contribution in [3.05, 3.63) is 59.2 Å². The lowest BCUT2D eigenvalue weighted by atomic mass is 9.98. The molecule has 4 nitrogen and oxygen atoms in total. The molecule has 2 aromatic carbocycles. The normalized spacial score (nSPS) is 12.0. The van der Waals surface area contributed by atoms with E-state index in [1.807, 2.05) is 0 Å². The first-order valence-electron chi connectivity index (χ1n) is 6.23. The predicted molar refractivity (Wildman–Crippen MR) is 75.1 cm³/mol. The van der Waals surface area contributed by atoms with E-state index in [1.54, 1.807) is 18.2 Å². The molecule has 1 atom stereocenters. The van der Waals surface area contributed by atoms with Gasteiger partial charge in [0, 0.05) is 11.6 Å². The topological polar surface area (TPSA) is 56.5 Å². The Hall–Kier alpha value is -2.18. The molecule has 0 spiro atoms. The Morgan fingerprint density at radius 1 is 1.00 bits per heavy atom. The highest BCUT2D eigenvalue weighted by Gasteiger charge is 2.19. The van der Waals surface area contributed by atoms with Gasteiger partial charge in [-0.3, -0.25) is 5.84 Å². The number of hydrogen-bond donors (Lipinski definition) is 2. The van der Waals surface area contributed by atoms with E-state index in [1.165, 1.54) is 26.4 Å². The van der Waals surface area contributed by atoms with Crippen LogP contribution in [0.15, 0.2) is 36.4 Å². The molecule has 21 heavy (non-hydrogen) atoms. The maximum absolute atomic E-state index is 13.4. The lowest BCUT2D eigenvalue weighted by Gasteiger charge is -2.20. The molecule has 0 aromatic heterocycles. The number of methoxy groups -OCH3 is 2. The average Bonchev–Trinajstić information content (AvgIpc) is 2.47. The number of nitrogens with two attached hydrogens (primary N) is 1. The van der Waals surface area contributed by atoms with E-state index in [4.69, 9.17) is 15.3 Å². The van der Waals surface area contributed by atoms with E-state index in [-0.39, 0.29) is 0 Å². The van der Waals surface area contributed by atoms with Crippen molar-refractivity contribution in [2.45, 2.75) is 6.04 Å². The van der Waals surface area contributed by atoms with Crippen LogP contribution in [-0.2, 0) is 0 Å². The van der Waals surface area contributed by atoms with Crippen molar-refractivity contribution in [1.29, 1.82) is 0 Å². The summed E-state index contributed by atoms with van der Waals surface area (Å²) in [5.41, 5.74) is 3.51.